The van der Waals surface area contributed by atoms with Crippen LogP contribution in [0.5, 0.6) is 0 Å². The van der Waals surface area contributed by atoms with Crippen LogP contribution in [-0.4, -0.2) is 22.0 Å². The average molecular weight is 276 g/mol. The number of amides is 1. The van der Waals surface area contributed by atoms with Gasteiger partial charge in [-0.2, -0.15) is 0 Å². The minimum absolute atomic E-state index is 0.137. The SMILES string of the molecule is C[C@@H](NC(=O)[C@@H]1CCCC[C@@H]1C(=O)O)c1ccncc1. The minimum atomic E-state index is -0.860. The highest BCUT2D eigenvalue weighted by Gasteiger charge is 2.36. The van der Waals surface area contributed by atoms with Gasteiger partial charge in [0.15, 0.2) is 0 Å². The predicted molar refractivity (Wildman–Crippen MR) is 73.9 cm³/mol. The maximum absolute atomic E-state index is 12.3. The zero-order valence-electron chi connectivity index (χ0n) is 11.6. The fourth-order valence-corrected chi connectivity index (χ4v) is 2.80. The molecule has 0 aromatic carbocycles. The number of pyridine rings is 1. The van der Waals surface area contributed by atoms with Crippen molar-refractivity contribution in [3.05, 3.63) is 30.1 Å². The Morgan fingerprint density at radius 3 is 2.45 bits per heavy atom. The lowest BCUT2D eigenvalue weighted by Crippen LogP contribution is -2.40. The van der Waals surface area contributed by atoms with E-state index in [9.17, 15) is 14.7 Å². The van der Waals surface area contributed by atoms with Gasteiger partial charge in [0, 0.05) is 12.4 Å². The largest absolute Gasteiger partial charge is 0.481 e. The van der Waals surface area contributed by atoms with Crippen LogP contribution in [0.25, 0.3) is 0 Å². The average Bonchev–Trinajstić information content (AvgIpc) is 2.48. The third-order valence-corrected chi connectivity index (χ3v) is 3.98. The molecule has 0 bridgehead atoms. The Labute approximate surface area is 118 Å². The lowest BCUT2D eigenvalue weighted by atomic mass is 9.78. The van der Waals surface area contributed by atoms with E-state index < -0.39 is 17.8 Å². The number of aliphatic carboxylic acids is 1. The Morgan fingerprint density at radius 2 is 1.85 bits per heavy atom. The molecular formula is C15H20N2O3. The first-order valence-corrected chi connectivity index (χ1v) is 7.02. The van der Waals surface area contributed by atoms with Crippen LogP contribution < -0.4 is 5.32 Å². The van der Waals surface area contributed by atoms with Crippen LogP contribution in [0, 0.1) is 11.8 Å². The number of carbonyl (C=O) groups excluding carboxylic acids is 1. The van der Waals surface area contributed by atoms with Crippen LogP contribution in [0.4, 0.5) is 0 Å². The van der Waals surface area contributed by atoms with Crippen molar-refractivity contribution >= 4 is 11.9 Å². The van der Waals surface area contributed by atoms with Crippen LogP contribution in [0.1, 0.15) is 44.2 Å². The van der Waals surface area contributed by atoms with Crippen LogP contribution in [-0.2, 0) is 9.59 Å². The van der Waals surface area contributed by atoms with E-state index in [1.807, 2.05) is 19.1 Å². The first kappa shape index (κ1) is 14.5. The molecule has 20 heavy (non-hydrogen) atoms. The highest BCUT2D eigenvalue weighted by atomic mass is 16.4. The summed E-state index contributed by atoms with van der Waals surface area (Å²) in [5, 5.41) is 12.1. The molecule has 1 aliphatic carbocycles. The topological polar surface area (TPSA) is 79.3 Å². The molecule has 1 aliphatic rings. The highest BCUT2D eigenvalue weighted by Crippen LogP contribution is 2.31. The van der Waals surface area contributed by atoms with Gasteiger partial charge in [0.05, 0.1) is 17.9 Å². The van der Waals surface area contributed by atoms with Gasteiger partial charge in [-0.1, -0.05) is 12.8 Å². The molecule has 2 N–H and O–H groups in total. The summed E-state index contributed by atoms with van der Waals surface area (Å²) < 4.78 is 0. The second-order valence-corrected chi connectivity index (χ2v) is 5.35. The summed E-state index contributed by atoms with van der Waals surface area (Å²) in [4.78, 5) is 27.5. The lowest BCUT2D eigenvalue weighted by Gasteiger charge is -2.28. The van der Waals surface area contributed by atoms with Gasteiger partial charge in [-0.25, -0.2) is 0 Å². The van der Waals surface area contributed by atoms with Crippen molar-refractivity contribution in [2.45, 2.75) is 38.6 Å². The molecule has 0 aliphatic heterocycles. The second kappa shape index (κ2) is 6.50. The summed E-state index contributed by atoms with van der Waals surface area (Å²) in [6, 6.07) is 3.56. The fraction of sp³-hybridized carbons (Fsp3) is 0.533. The van der Waals surface area contributed by atoms with Crippen LogP contribution in [0.3, 0.4) is 0 Å². The van der Waals surface area contributed by atoms with E-state index in [4.69, 9.17) is 0 Å². The van der Waals surface area contributed by atoms with E-state index in [0.29, 0.717) is 12.8 Å². The van der Waals surface area contributed by atoms with Gasteiger partial charge in [0.2, 0.25) is 5.91 Å². The van der Waals surface area contributed by atoms with E-state index in [0.717, 1.165) is 18.4 Å². The number of nitrogens with zero attached hydrogens (tertiary/aromatic N) is 1. The van der Waals surface area contributed by atoms with Crippen LogP contribution >= 0.6 is 0 Å². The number of rotatable bonds is 4. The maximum atomic E-state index is 12.3. The molecule has 0 saturated heterocycles. The van der Waals surface area contributed by atoms with Crippen molar-refractivity contribution < 1.29 is 14.7 Å². The van der Waals surface area contributed by atoms with E-state index in [-0.39, 0.29) is 11.9 Å². The molecule has 1 amide bonds. The fourth-order valence-electron chi connectivity index (χ4n) is 2.80. The number of carboxylic acids is 1. The Kier molecular flexibility index (Phi) is 4.71. The summed E-state index contributed by atoms with van der Waals surface area (Å²) in [5.74, 6) is -1.97. The summed E-state index contributed by atoms with van der Waals surface area (Å²) in [5.41, 5.74) is 0.969. The van der Waals surface area contributed by atoms with Gasteiger partial charge in [-0.05, 0) is 37.5 Å². The maximum Gasteiger partial charge on any atom is 0.307 e. The zero-order valence-corrected chi connectivity index (χ0v) is 11.6. The number of nitrogens with one attached hydrogen (secondary N) is 1. The molecule has 108 valence electrons. The summed E-state index contributed by atoms with van der Waals surface area (Å²) >= 11 is 0. The van der Waals surface area contributed by atoms with E-state index in [1.54, 1.807) is 12.4 Å². The Balaban J connectivity index is 2.01. The van der Waals surface area contributed by atoms with Gasteiger partial charge in [0.1, 0.15) is 0 Å². The standard InChI is InChI=1S/C15H20N2O3/c1-10(11-6-8-16-9-7-11)17-14(18)12-4-2-3-5-13(12)15(19)20/h6-10,12-13H,2-5H2,1H3,(H,17,18)(H,19,20)/t10-,12-,13+/m1/s1. The number of aromatic nitrogens is 1. The molecular weight excluding hydrogens is 256 g/mol. The number of carboxylic acid groups (broad SMARTS) is 1. The Morgan fingerprint density at radius 1 is 1.25 bits per heavy atom. The monoisotopic (exact) mass is 276 g/mol. The van der Waals surface area contributed by atoms with Gasteiger partial charge in [-0.3, -0.25) is 14.6 Å². The molecule has 1 saturated carbocycles. The van der Waals surface area contributed by atoms with Crippen LogP contribution in [0.15, 0.2) is 24.5 Å². The van der Waals surface area contributed by atoms with Crippen LogP contribution in [0.2, 0.25) is 0 Å². The molecule has 0 unspecified atom stereocenters. The molecule has 0 spiro atoms. The molecule has 1 aromatic heterocycles. The summed E-state index contributed by atoms with van der Waals surface area (Å²) in [6.07, 6.45) is 6.42. The highest BCUT2D eigenvalue weighted by molar-refractivity contribution is 5.85. The van der Waals surface area contributed by atoms with Gasteiger partial charge >= 0.3 is 5.97 Å². The summed E-state index contributed by atoms with van der Waals surface area (Å²) in [7, 11) is 0. The normalized spacial score (nSPS) is 23.9. The van der Waals surface area contributed by atoms with Gasteiger partial charge < -0.3 is 10.4 Å². The Hall–Kier alpha value is -1.91. The third-order valence-electron chi connectivity index (χ3n) is 3.98. The molecule has 5 heteroatoms. The number of hydrogen-bond acceptors (Lipinski definition) is 3. The van der Waals surface area contributed by atoms with Crippen molar-refractivity contribution in [1.82, 2.24) is 10.3 Å². The van der Waals surface area contributed by atoms with Crippen molar-refractivity contribution in [2.24, 2.45) is 11.8 Å². The van der Waals surface area contributed by atoms with E-state index in [2.05, 4.69) is 10.3 Å². The molecule has 2 rings (SSSR count). The second-order valence-electron chi connectivity index (χ2n) is 5.35. The molecule has 0 radical (unpaired) electrons. The van der Waals surface area contributed by atoms with Crippen molar-refractivity contribution in [2.75, 3.05) is 0 Å². The Bertz CT molecular complexity index is 475. The van der Waals surface area contributed by atoms with Crippen molar-refractivity contribution in [3.63, 3.8) is 0 Å². The predicted octanol–water partition coefficient (Wildman–Crippen LogP) is 2.15. The quantitative estimate of drug-likeness (QED) is 0.883. The number of hydrogen-bond donors (Lipinski definition) is 2. The van der Waals surface area contributed by atoms with Gasteiger partial charge in [0.25, 0.3) is 0 Å². The molecule has 5 nitrogen and oxygen atoms in total. The van der Waals surface area contributed by atoms with Crippen molar-refractivity contribution in [3.8, 4) is 0 Å². The molecule has 1 heterocycles. The number of carbonyl (C=O) groups is 2. The minimum Gasteiger partial charge on any atom is -0.481 e. The lowest BCUT2D eigenvalue weighted by molar-refractivity contribution is -0.149. The van der Waals surface area contributed by atoms with E-state index >= 15 is 0 Å². The summed E-state index contributed by atoms with van der Waals surface area (Å²) in [6.45, 7) is 1.89. The molecule has 3 atom stereocenters. The smallest absolute Gasteiger partial charge is 0.307 e. The van der Waals surface area contributed by atoms with E-state index in [1.165, 1.54) is 0 Å². The van der Waals surface area contributed by atoms with Gasteiger partial charge in [-0.15, -0.1) is 0 Å². The molecule has 1 aromatic rings. The zero-order chi connectivity index (χ0) is 14.5. The first-order valence-electron chi connectivity index (χ1n) is 7.02. The molecule has 1 fully saturated rings. The third kappa shape index (κ3) is 3.35. The first-order chi connectivity index (χ1) is 9.59. The van der Waals surface area contributed by atoms with Crippen molar-refractivity contribution in [1.29, 1.82) is 0 Å².